The number of ether oxygens (including phenoxy) is 4. The van der Waals surface area contributed by atoms with E-state index in [1.54, 1.807) is 0 Å². The number of H-pyrrole nitrogens is 2. The number of fused-ring (bicyclic) bond motifs is 8. The second kappa shape index (κ2) is 27.0. The van der Waals surface area contributed by atoms with Crippen LogP contribution in [0.5, 0.6) is 23.0 Å². The van der Waals surface area contributed by atoms with Crippen molar-refractivity contribution in [1.82, 2.24) is 19.9 Å². The average molecular weight is 1140 g/mol. The van der Waals surface area contributed by atoms with Gasteiger partial charge in [-0.25, -0.2) is 9.97 Å². The fraction of sp³-hybridized carbons (Fsp3) is 0.389. The minimum Gasteiger partial charge on any atom is -0.494 e. The Labute approximate surface area is 501 Å². The van der Waals surface area contributed by atoms with Gasteiger partial charge in [0.15, 0.2) is 0 Å². The zero-order chi connectivity index (χ0) is 59.5. The number of aromatic nitrogens is 4. The normalized spacial score (nSPS) is 12.7. The van der Waals surface area contributed by atoms with Gasteiger partial charge in [0.2, 0.25) is 0 Å². The summed E-state index contributed by atoms with van der Waals surface area (Å²) < 4.78 is 29.1. The monoisotopic (exact) mass is 1130 g/mol. The first-order chi connectivity index (χ1) is 40.1. The molecule has 442 valence electrons. The van der Waals surface area contributed by atoms with Crippen LogP contribution in [0.1, 0.15) is 74.1 Å². The first-order valence-electron chi connectivity index (χ1n) is 30.4. The van der Waals surface area contributed by atoms with Gasteiger partial charge in [-0.05, 0) is 171 Å². The third-order valence-electron chi connectivity index (χ3n) is 15.3. The number of hydrogen-bond acceptors (Lipinski definition) is 6. The van der Waals surface area contributed by atoms with Crippen LogP contribution in [0.25, 0.3) is 90.9 Å². The average Bonchev–Trinajstić information content (AvgIpc) is 1.97. The first-order valence-corrected chi connectivity index (χ1v) is 30.4. The molecule has 7 aromatic rings. The Kier molecular flexibility index (Phi) is 19.7. The van der Waals surface area contributed by atoms with Gasteiger partial charge in [-0.1, -0.05) is 48.5 Å². The van der Waals surface area contributed by atoms with E-state index in [-0.39, 0.29) is 0 Å². The van der Waals surface area contributed by atoms with Crippen molar-refractivity contribution in [3.8, 4) is 67.5 Å². The van der Waals surface area contributed by atoms with E-state index in [1.807, 2.05) is 0 Å². The van der Waals surface area contributed by atoms with Crippen molar-refractivity contribution in [2.45, 2.75) is 51.4 Å². The molecule has 0 saturated heterocycles. The molecule has 5 heterocycles. The maximum absolute atomic E-state index is 6.33. The molecule has 12 heteroatoms. The summed E-state index contributed by atoms with van der Waals surface area (Å²) in [7, 11) is 26.8. The van der Waals surface area contributed by atoms with E-state index >= 15 is 0 Å². The topological polar surface area (TPSA) is 94.3 Å². The Morgan fingerprint density at radius 1 is 0.274 bits per heavy atom. The molecule has 0 amide bonds. The quantitative estimate of drug-likeness (QED) is 0.0375. The summed E-state index contributed by atoms with van der Waals surface area (Å²) >= 11 is 0. The van der Waals surface area contributed by atoms with Crippen LogP contribution in [0.15, 0.2) is 121 Å². The minimum atomic E-state index is 0.672. The fourth-order valence-corrected chi connectivity index (χ4v) is 10.8. The summed E-state index contributed by atoms with van der Waals surface area (Å²) in [5.41, 5.74) is 15.1. The van der Waals surface area contributed by atoms with E-state index in [0.717, 1.165) is 208 Å². The number of rotatable bonds is 28. The van der Waals surface area contributed by atoms with Gasteiger partial charge in [0.1, 0.15) is 23.0 Å². The number of benzene rings is 4. The molecule has 0 aliphatic carbocycles. The van der Waals surface area contributed by atoms with E-state index < -0.39 is 0 Å². The molecule has 0 atom stereocenters. The lowest BCUT2D eigenvalue weighted by Crippen LogP contribution is -2.35. The van der Waals surface area contributed by atoms with Gasteiger partial charge in [0.05, 0.1) is 160 Å². The molecule has 2 aliphatic rings. The highest BCUT2D eigenvalue weighted by molar-refractivity contribution is 6.00. The fourth-order valence-electron chi connectivity index (χ4n) is 10.8. The highest BCUT2D eigenvalue weighted by Gasteiger charge is 2.21. The highest BCUT2D eigenvalue weighted by Crippen LogP contribution is 2.40. The Hall–Kier alpha value is -7.48. The van der Waals surface area contributed by atoms with Crippen molar-refractivity contribution in [2.24, 2.45) is 0 Å². The number of unbranched alkanes of at least 4 members (excludes halogenated alkanes) is 4. The lowest BCUT2D eigenvalue weighted by molar-refractivity contribution is -0.870. The molecule has 2 aliphatic heterocycles. The molecule has 4 aromatic carbocycles. The van der Waals surface area contributed by atoms with Gasteiger partial charge >= 0.3 is 0 Å². The van der Waals surface area contributed by atoms with Gasteiger partial charge in [-0.3, -0.25) is 0 Å². The second-order valence-corrected chi connectivity index (χ2v) is 26.9. The van der Waals surface area contributed by atoms with Crippen molar-refractivity contribution in [1.29, 1.82) is 0 Å². The molecule has 0 spiro atoms. The van der Waals surface area contributed by atoms with Crippen LogP contribution in [-0.4, -0.2) is 175 Å². The van der Waals surface area contributed by atoms with E-state index in [0.29, 0.717) is 26.4 Å². The van der Waals surface area contributed by atoms with Gasteiger partial charge in [-0.15, -0.1) is 0 Å². The Morgan fingerprint density at radius 3 is 0.667 bits per heavy atom. The SMILES string of the molecule is C[N+](C)(C)CCCCOc1ccc(-c2c3nc(c(-c4ccc(OCCCC[N+](C)(C)C)cc4)c4ccc([nH]4)c(-c4ccc(OCCCC[N+](C)(C)C)cc4)c4nc(c(-c5ccc(OCCCC[N+](C)(C)C)cc5)c5ccc2[nH]5)C=C4)C=C3)cc1. The maximum atomic E-state index is 6.33. The lowest BCUT2D eigenvalue weighted by Gasteiger charge is -2.23. The summed E-state index contributed by atoms with van der Waals surface area (Å²) in [6.45, 7) is 7.12. The Morgan fingerprint density at radius 2 is 0.476 bits per heavy atom. The third kappa shape index (κ3) is 17.3. The van der Waals surface area contributed by atoms with Crippen molar-refractivity contribution < 1.29 is 36.9 Å². The number of aromatic amines is 2. The lowest BCUT2D eigenvalue weighted by atomic mass is 10.0. The van der Waals surface area contributed by atoms with Crippen LogP contribution >= 0.6 is 0 Å². The molecular formula is C72H94N8O4+4. The van der Waals surface area contributed by atoms with E-state index in [9.17, 15) is 0 Å². The number of nitrogens with one attached hydrogen (secondary N) is 2. The summed E-state index contributed by atoms with van der Waals surface area (Å²) in [4.78, 5) is 19.1. The highest BCUT2D eigenvalue weighted by atomic mass is 16.5. The number of hydrogen-bond donors (Lipinski definition) is 2. The molecule has 0 saturated carbocycles. The zero-order valence-electron chi connectivity index (χ0n) is 52.5. The van der Waals surface area contributed by atoms with Gasteiger partial charge in [-0.2, -0.15) is 0 Å². The van der Waals surface area contributed by atoms with Crippen molar-refractivity contribution in [3.63, 3.8) is 0 Å². The maximum Gasteiger partial charge on any atom is 0.119 e. The molecule has 0 fully saturated rings. The van der Waals surface area contributed by atoms with Gasteiger partial charge in [0.25, 0.3) is 0 Å². The zero-order valence-corrected chi connectivity index (χ0v) is 52.5. The summed E-state index contributed by atoms with van der Waals surface area (Å²) in [5.74, 6) is 3.40. The molecule has 3 aromatic heterocycles. The van der Waals surface area contributed by atoms with Crippen LogP contribution in [0.4, 0.5) is 0 Å². The van der Waals surface area contributed by atoms with Crippen LogP contribution in [0.2, 0.25) is 0 Å². The van der Waals surface area contributed by atoms with Crippen LogP contribution in [0, 0.1) is 0 Å². The smallest absolute Gasteiger partial charge is 0.119 e. The number of quaternary nitrogens is 4. The van der Waals surface area contributed by atoms with Crippen LogP contribution < -0.4 is 18.9 Å². The molecule has 9 rings (SSSR count). The summed E-state index contributed by atoms with van der Waals surface area (Å²) in [6, 6.07) is 42.7. The molecule has 8 bridgehead atoms. The van der Waals surface area contributed by atoms with Gasteiger partial charge in [0, 0.05) is 44.3 Å². The number of nitrogens with zero attached hydrogens (tertiary/aromatic N) is 6. The van der Waals surface area contributed by atoms with Crippen molar-refractivity contribution in [3.05, 3.63) is 144 Å². The molecule has 84 heavy (non-hydrogen) atoms. The molecular weight excluding hydrogens is 1040 g/mol. The summed E-state index contributed by atoms with van der Waals surface area (Å²) in [5, 5.41) is 0. The standard InChI is InChI=1S/C72H94N8O4/c1-77(2,3)45-13-17-49-81-57-29-21-53(22-30-57)69-61-37-39-63(73-61)70(54-23-31-58(32-24-54)82-50-18-14-46-78(4,5)6)65-41-43-67(75-65)72(56-27-35-60(36-28-56)84-52-20-16-48-80(10,11)12)68-44-42-66(76-68)71(64-40-38-62(69)74-64)55-25-33-59(34-26-55)83-51-19-15-47-79(7,8)9/h21-44,73,76H,13-20,45-52H2,1-12H3/q+4. The minimum absolute atomic E-state index is 0.672. The second-order valence-electron chi connectivity index (χ2n) is 26.9. The van der Waals surface area contributed by atoms with E-state index in [4.69, 9.17) is 28.9 Å². The third-order valence-corrected chi connectivity index (χ3v) is 15.3. The van der Waals surface area contributed by atoms with Crippen LogP contribution in [-0.2, 0) is 0 Å². The molecule has 0 radical (unpaired) electrons. The molecule has 0 unspecified atom stereocenters. The Bertz CT molecular complexity index is 3070. The molecule has 2 N–H and O–H groups in total. The predicted octanol–water partition coefficient (Wildman–Crippen LogP) is 14.8. The predicted molar refractivity (Wildman–Crippen MR) is 351 cm³/mol. The van der Waals surface area contributed by atoms with Crippen LogP contribution in [0.3, 0.4) is 0 Å². The first kappa shape index (κ1) is 61.1. The van der Waals surface area contributed by atoms with Crippen molar-refractivity contribution in [2.75, 3.05) is 137 Å². The molecule has 12 nitrogen and oxygen atoms in total. The van der Waals surface area contributed by atoms with E-state index in [2.05, 4.69) is 240 Å². The van der Waals surface area contributed by atoms with Gasteiger partial charge < -0.3 is 46.8 Å². The van der Waals surface area contributed by atoms with Crippen molar-refractivity contribution >= 4 is 46.4 Å². The Balaban J connectivity index is 1.19. The summed E-state index contributed by atoms with van der Waals surface area (Å²) in [6.07, 6.45) is 17.0. The largest absolute Gasteiger partial charge is 0.494 e. The van der Waals surface area contributed by atoms with E-state index in [1.165, 1.54) is 0 Å².